The molecule has 128 valence electrons. The van der Waals surface area contributed by atoms with Gasteiger partial charge in [0.1, 0.15) is 11.3 Å². The van der Waals surface area contributed by atoms with Crippen LogP contribution in [-0.2, 0) is 4.74 Å². The fraction of sp³-hybridized carbons (Fsp3) is 0.500. The number of hydrogen-bond donors (Lipinski definition) is 1. The standard InChI is InChI=1S/C16H21N5O3/c1-23-12-3-4-13-14(11-12)18-15(20-19-13)16(22)17-5-2-6-21-7-9-24-10-8-21/h3-4,11H,2,5-10H2,1H3,(H,17,22). The summed E-state index contributed by atoms with van der Waals surface area (Å²) in [6, 6.07) is 5.28. The van der Waals surface area contributed by atoms with Gasteiger partial charge in [0.25, 0.3) is 5.91 Å². The Bertz CT molecular complexity index is 703. The normalized spacial score (nSPS) is 15.4. The molecule has 0 bridgehead atoms. The van der Waals surface area contributed by atoms with Crippen molar-refractivity contribution in [3.05, 3.63) is 24.0 Å². The maximum atomic E-state index is 12.2. The topological polar surface area (TPSA) is 89.5 Å². The molecule has 1 fully saturated rings. The first-order valence-electron chi connectivity index (χ1n) is 8.03. The highest BCUT2D eigenvalue weighted by atomic mass is 16.5. The molecule has 1 N–H and O–H groups in total. The van der Waals surface area contributed by atoms with E-state index in [4.69, 9.17) is 9.47 Å². The van der Waals surface area contributed by atoms with Crippen LogP contribution in [0.4, 0.5) is 0 Å². The molecule has 0 radical (unpaired) electrons. The highest BCUT2D eigenvalue weighted by molar-refractivity contribution is 5.91. The van der Waals surface area contributed by atoms with Crippen LogP contribution >= 0.6 is 0 Å². The summed E-state index contributed by atoms with van der Waals surface area (Å²) < 4.78 is 10.5. The average Bonchev–Trinajstić information content (AvgIpc) is 2.65. The van der Waals surface area contributed by atoms with Crippen molar-refractivity contribution in [1.82, 2.24) is 25.4 Å². The minimum absolute atomic E-state index is 0.0714. The number of nitrogens with one attached hydrogen (secondary N) is 1. The van der Waals surface area contributed by atoms with Gasteiger partial charge < -0.3 is 14.8 Å². The molecule has 0 unspecified atom stereocenters. The number of carbonyl (C=O) groups is 1. The smallest absolute Gasteiger partial charge is 0.291 e. The van der Waals surface area contributed by atoms with Crippen LogP contribution in [0, 0.1) is 0 Å². The summed E-state index contributed by atoms with van der Waals surface area (Å²) in [7, 11) is 1.58. The number of morpholine rings is 1. The van der Waals surface area contributed by atoms with Crippen molar-refractivity contribution in [2.24, 2.45) is 0 Å². The van der Waals surface area contributed by atoms with E-state index in [1.807, 2.05) is 0 Å². The average molecular weight is 331 g/mol. The van der Waals surface area contributed by atoms with Crippen LogP contribution in [0.3, 0.4) is 0 Å². The summed E-state index contributed by atoms with van der Waals surface area (Å²) >= 11 is 0. The predicted octanol–water partition coefficient (Wildman–Crippen LogP) is 0.486. The molecule has 2 aromatic rings. The summed E-state index contributed by atoms with van der Waals surface area (Å²) in [6.07, 6.45) is 0.876. The fourth-order valence-corrected chi connectivity index (χ4v) is 2.55. The Morgan fingerprint density at radius 1 is 1.29 bits per heavy atom. The number of benzene rings is 1. The van der Waals surface area contributed by atoms with Crippen molar-refractivity contribution in [3.8, 4) is 5.75 Å². The van der Waals surface area contributed by atoms with E-state index >= 15 is 0 Å². The van der Waals surface area contributed by atoms with Crippen molar-refractivity contribution in [2.45, 2.75) is 6.42 Å². The third-order valence-electron chi connectivity index (χ3n) is 3.90. The first kappa shape index (κ1) is 16.5. The lowest BCUT2D eigenvalue weighted by Crippen LogP contribution is -2.38. The van der Waals surface area contributed by atoms with Gasteiger partial charge in [0.05, 0.1) is 25.8 Å². The van der Waals surface area contributed by atoms with Crippen LogP contribution in [0.15, 0.2) is 18.2 Å². The maximum Gasteiger partial charge on any atom is 0.291 e. The third kappa shape index (κ3) is 4.15. The van der Waals surface area contributed by atoms with E-state index < -0.39 is 0 Å². The van der Waals surface area contributed by atoms with Crippen LogP contribution in [0.1, 0.15) is 17.0 Å². The first-order chi connectivity index (χ1) is 11.8. The second-order valence-corrected chi connectivity index (χ2v) is 5.55. The van der Waals surface area contributed by atoms with E-state index in [1.54, 1.807) is 25.3 Å². The van der Waals surface area contributed by atoms with Crippen molar-refractivity contribution >= 4 is 16.9 Å². The third-order valence-corrected chi connectivity index (χ3v) is 3.90. The highest BCUT2D eigenvalue weighted by Crippen LogP contribution is 2.16. The molecular weight excluding hydrogens is 310 g/mol. The number of fused-ring (bicyclic) bond motifs is 1. The minimum Gasteiger partial charge on any atom is -0.497 e. The highest BCUT2D eigenvalue weighted by Gasteiger charge is 2.12. The van der Waals surface area contributed by atoms with Crippen molar-refractivity contribution in [1.29, 1.82) is 0 Å². The summed E-state index contributed by atoms with van der Waals surface area (Å²) in [6.45, 7) is 4.99. The molecule has 1 aliphatic rings. The van der Waals surface area contributed by atoms with E-state index in [9.17, 15) is 4.79 Å². The molecule has 0 atom stereocenters. The van der Waals surface area contributed by atoms with Gasteiger partial charge in [0.15, 0.2) is 0 Å². The van der Waals surface area contributed by atoms with Gasteiger partial charge in [-0.05, 0) is 25.1 Å². The minimum atomic E-state index is -0.311. The summed E-state index contributed by atoms with van der Waals surface area (Å²) in [5, 5.41) is 10.8. The molecule has 3 rings (SSSR count). The molecule has 0 aliphatic carbocycles. The molecule has 8 nitrogen and oxygen atoms in total. The maximum absolute atomic E-state index is 12.2. The molecule has 1 aliphatic heterocycles. The van der Waals surface area contributed by atoms with Crippen LogP contribution in [0.25, 0.3) is 11.0 Å². The summed E-state index contributed by atoms with van der Waals surface area (Å²) in [5.41, 5.74) is 1.21. The zero-order valence-electron chi connectivity index (χ0n) is 13.7. The Balaban J connectivity index is 1.53. The quantitative estimate of drug-likeness (QED) is 0.770. The molecular formula is C16H21N5O3. The van der Waals surface area contributed by atoms with Gasteiger partial charge in [-0.25, -0.2) is 4.98 Å². The van der Waals surface area contributed by atoms with Crippen LogP contribution < -0.4 is 10.1 Å². The van der Waals surface area contributed by atoms with Crippen LogP contribution in [0.2, 0.25) is 0 Å². The zero-order valence-corrected chi connectivity index (χ0v) is 13.7. The van der Waals surface area contributed by atoms with Gasteiger partial charge in [-0.15, -0.1) is 10.2 Å². The lowest BCUT2D eigenvalue weighted by molar-refractivity contribution is 0.0374. The molecule has 0 saturated carbocycles. The fourth-order valence-electron chi connectivity index (χ4n) is 2.55. The van der Waals surface area contributed by atoms with Crippen LogP contribution in [0.5, 0.6) is 5.75 Å². The van der Waals surface area contributed by atoms with E-state index in [1.165, 1.54) is 0 Å². The number of hydrogen-bond acceptors (Lipinski definition) is 7. The van der Waals surface area contributed by atoms with Gasteiger partial charge in [-0.1, -0.05) is 0 Å². The first-order valence-corrected chi connectivity index (χ1v) is 8.03. The van der Waals surface area contributed by atoms with Gasteiger partial charge >= 0.3 is 0 Å². The van der Waals surface area contributed by atoms with E-state index in [-0.39, 0.29) is 11.7 Å². The zero-order chi connectivity index (χ0) is 16.8. The van der Waals surface area contributed by atoms with Crippen LogP contribution in [-0.4, -0.2) is 72.5 Å². The number of ether oxygens (including phenoxy) is 2. The molecule has 2 heterocycles. The monoisotopic (exact) mass is 331 g/mol. The summed E-state index contributed by atoms with van der Waals surface area (Å²) in [5.74, 6) is 0.427. The lowest BCUT2D eigenvalue weighted by atomic mass is 10.3. The van der Waals surface area contributed by atoms with E-state index in [2.05, 4.69) is 25.4 Å². The van der Waals surface area contributed by atoms with Gasteiger partial charge in [-0.3, -0.25) is 9.69 Å². The van der Waals surface area contributed by atoms with E-state index in [0.717, 1.165) is 39.3 Å². The predicted molar refractivity (Wildman–Crippen MR) is 88.1 cm³/mol. The number of amides is 1. The lowest BCUT2D eigenvalue weighted by Gasteiger charge is -2.26. The number of rotatable bonds is 6. The Labute approximate surface area is 140 Å². The number of nitrogens with zero attached hydrogens (tertiary/aromatic N) is 4. The number of carbonyl (C=O) groups excluding carboxylic acids is 1. The molecule has 0 spiro atoms. The largest absolute Gasteiger partial charge is 0.497 e. The molecule has 1 aromatic heterocycles. The number of aromatic nitrogens is 3. The van der Waals surface area contributed by atoms with Crippen molar-refractivity contribution < 1.29 is 14.3 Å². The Hall–Kier alpha value is -2.32. The Morgan fingerprint density at radius 3 is 2.92 bits per heavy atom. The van der Waals surface area contributed by atoms with Crippen molar-refractivity contribution in [3.63, 3.8) is 0 Å². The molecule has 24 heavy (non-hydrogen) atoms. The molecule has 1 amide bonds. The molecule has 1 saturated heterocycles. The molecule has 1 aromatic carbocycles. The van der Waals surface area contributed by atoms with Gasteiger partial charge in [-0.2, -0.15) is 0 Å². The Morgan fingerprint density at radius 2 is 2.12 bits per heavy atom. The number of methoxy groups -OCH3 is 1. The second kappa shape index (κ2) is 7.98. The Kier molecular flexibility index (Phi) is 5.50. The SMILES string of the molecule is COc1ccc2nnc(C(=O)NCCCN3CCOCC3)nc2c1. The van der Waals surface area contributed by atoms with Gasteiger partial charge in [0.2, 0.25) is 5.82 Å². The molecule has 8 heteroatoms. The van der Waals surface area contributed by atoms with Gasteiger partial charge in [0, 0.05) is 25.7 Å². The van der Waals surface area contributed by atoms with E-state index in [0.29, 0.717) is 23.3 Å². The van der Waals surface area contributed by atoms with Crippen molar-refractivity contribution in [2.75, 3.05) is 46.5 Å². The second-order valence-electron chi connectivity index (χ2n) is 5.55. The summed E-state index contributed by atoms with van der Waals surface area (Å²) in [4.78, 5) is 18.7.